The van der Waals surface area contributed by atoms with E-state index in [1.165, 1.54) is 12.3 Å². The summed E-state index contributed by atoms with van der Waals surface area (Å²) in [5, 5.41) is 19.9. The van der Waals surface area contributed by atoms with E-state index in [9.17, 15) is 5.11 Å². The van der Waals surface area contributed by atoms with Crippen LogP contribution in [0.4, 0.5) is 5.69 Å². The van der Waals surface area contributed by atoms with Crippen LogP contribution >= 0.6 is 23.8 Å². The zero-order valence-electron chi connectivity index (χ0n) is 12.5. The number of hydrazone groups is 1. The standard InChI is InChI=1S/C18H14ClN3OS/c19-14-8-9-17(23)13(10-14)11-20-22-18(24)21-16-7-3-5-12-4-1-2-6-15(12)16/h1-11,23H,(H2,21,22,24)/b20-11+. The normalized spacial score (nSPS) is 10.9. The van der Waals surface area contributed by atoms with E-state index in [1.54, 1.807) is 12.1 Å². The smallest absolute Gasteiger partial charge is 0.191 e. The molecule has 0 aliphatic carbocycles. The maximum atomic E-state index is 9.73. The Labute approximate surface area is 149 Å². The molecule has 0 aliphatic heterocycles. The van der Waals surface area contributed by atoms with Gasteiger partial charge in [-0.25, -0.2) is 0 Å². The molecule has 0 amide bonds. The molecule has 3 rings (SSSR count). The van der Waals surface area contributed by atoms with E-state index in [2.05, 4.69) is 15.8 Å². The fourth-order valence-corrected chi connectivity index (χ4v) is 2.62. The Hall–Kier alpha value is -2.63. The first-order chi connectivity index (χ1) is 11.6. The molecule has 0 spiro atoms. The summed E-state index contributed by atoms with van der Waals surface area (Å²) in [5.41, 5.74) is 4.12. The van der Waals surface area contributed by atoms with Crippen molar-refractivity contribution in [2.24, 2.45) is 5.10 Å². The lowest BCUT2D eigenvalue weighted by atomic mass is 10.1. The number of halogens is 1. The van der Waals surface area contributed by atoms with E-state index in [0.29, 0.717) is 15.7 Å². The summed E-state index contributed by atoms with van der Waals surface area (Å²) in [5.74, 6) is 0.0953. The van der Waals surface area contributed by atoms with Crippen molar-refractivity contribution in [1.82, 2.24) is 5.43 Å². The molecule has 0 radical (unpaired) electrons. The lowest BCUT2D eigenvalue weighted by Gasteiger charge is -2.10. The number of anilines is 1. The molecule has 3 aromatic carbocycles. The first-order valence-electron chi connectivity index (χ1n) is 7.20. The van der Waals surface area contributed by atoms with Gasteiger partial charge in [-0.1, -0.05) is 48.0 Å². The van der Waals surface area contributed by atoms with Gasteiger partial charge in [0.1, 0.15) is 5.75 Å². The zero-order valence-corrected chi connectivity index (χ0v) is 14.1. The fourth-order valence-electron chi connectivity index (χ4n) is 2.27. The van der Waals surface area contributed by atoms with E-state index < -0.39 is 0 Å². The predicted molar refractivity (Wildman–Crippen MR) is 104 cm³/mol. The highest BCUT2D eigenvalue weighted by Gasteiger charge is 2.02. The molecule has 0 saturated carbocycles. The van der Waals surface area contributed by atoms with Gasteiger partial charge in [0.05, 0.1) is 6.21 Å². The molecular formula is C18H14ClN3OS. The molecular weight excluding hydrogens is 342 g/mol. The quantitative estimate of drug-likeness (QED) is 0.367. The van der Waals surface area contributed by atoms with Crippen molar-refractivity contribution < 1.29 is 5.11 Å². The number of rotatable bonds is 3. The average Bonchev–Trinajstić information content (AvgIpc) is 2.58. The minimum Gasteiger partial charge on any atom is -0.507 e. The number of hydrogen-bond donors (Lipinski definition) is 3. The summed E-state index contributed by atoms with van der Waals surface area (Å²) in [6, 6.07) is 18.7. The molecule has 0 saturated heterocycles. The van der Waals surface area contributed by atoms with Crippen molar-refractivity contribution in [1.29, 1.82) is 0 Å². The summed E-state index contributed by atoms with van der Waals surface area (Å²) in [6.45, 7) is 0. The summed E-state index contributed by atoms with van der Waals surface area (Å²) in [7, 11) is 0. The van der Waals surface area contributed by atoms with Crippen LogP contribution in [0.25, 0.3) is 10.8 Å². The minimum absolute atomic E-state index is 0.0953. The fraction of sp³-hybridized carbons (Fsp3) is 0. The second-order valence-electron chi connectivity index (χ2n) is 5.05. The Morgan fingerprint density at radius 3 is 2.75 bits per heavy atom. The summed E-state index contributed by atoms with van der Waals surface area (Å²) in [4.78, 5) is 0. The summed E-state index contributed by atoms with van der Waals surface area (Å²) < 4.78 is 0. The van der Waals surface area contributed by atoms with Crippen molar-refractivity contribution in [3.05, 3.63) is 71.2 Å². The third-order valence-electron chi connectivity index (χ3n) is 3.40. The molecule has 6 heteroatoms. The van der Waals surface area contributed by atoms with E-state index in [1.807, 2.05) is 42.5 Å². The number of benzene rings is 3. The van der Waals surface area contributed by atoms with Gasteiger partial charge < -0.3 is 10.4 Å². The Kier molecular flexibility index (Phi) is 4.93. The van der Waals surface area contributed by atoms with Crippen LogP contribution in [0.3, 0.4) is 0 Å². The highest BCUT2D eigenvalue weighted by atomic mass is 35.5. The van der Waals surface area contributed by atoms with Crippen LogP contribution < -0.4 is 10.7 Å². The van der Waals surface area contributed by atoms with Gasteiger partial charge in [0, 0.05) is 21.7 Å². The molecule has 0 bridgehead atoms. The average molecular weight is 356 g/mol. The second-order valence-corrected chi connectivity index (χ2v) is 5.90. The van der Waals surface area contributed by atoms with E-state index in [-0.39, 0.29) is 5.75 Å². The number of nitrogens with one attached hydrogen (secondary N) is 2. The van der Waals surface area contributed by atoms with E-state index in [0.717, 1.165) is 16.5 Å². The van der Waals surface area contributed by atoms with Gasteiger partial charge in [0.25, 0.3) is 0 Å². The van der Waals surface area contributed by atoms with Crippen molar-refractivity contribution in [2.75, 3.05) is 5.32 Å². The van der Waals surface area contributed by atoms with E-state index >= 15 is 0 Å². The molecule has 0 atom stereocenters. The van der Waals surface area contributed by atoms with Crippen LogP contribution in [0.1, 0.15) is 5.56 Å². The Morgan fingerprint density at radius 1 is 1.08 bits per heavy atom. The van der Waals surface area contributed by atoms with Gasteiger partial charge in [0.15, 0.2) is 5.11 Å². The molecule has 0 heterocycles. The highest BCUT2D eigenvalue weighted by molar-refractivity contribution is 7.80. The maximum Gasteiger partial charge on any atom is 0.191 e. The number of fused-ring (bicyclic) bond motifs is 1. The Balaban J connectivity index is 1.69. The van der Waals surface area contributed by atoms with Gasteiger partial charge in [-0.05, 0) is 41.9 Å². The molecule has 3 N–H and O–H groups in total. The molecule has 0 unspecified atom stereocenters. The molecule has 120 valence electrons. The van der Waals surface area contributed by atoms with Crippen LogP contribution in [-0.4, -0.2) is 16.4 Å². The highest BCUT2D eigenvalue weighted by Crippen LogP contribution is 2.23. The lowest BCUT2D eigenvalue weighted by molar-refractivity contribution is 0.474. The number of phenols is 1. The number of nitrogens with zero attached hydrogens (tertiary/aromatic N) is 1. The largest absolute Gasteiger partial charge is 0.507 e. The number of phenolic OH excluding ortho intramolecular Hbond substituents is 1. The van der Waals surface area contributed by atoms with Crippen molar-refractivity contribution >= 4 is 51.6 Å². The van der Waals surface area contributed by atoms with Gasteiger partial charge >= 0.3 is 0 Å². The van der Waals surface area contributed by atoms with Crippen LogP contribution in [0.5, 0.6) is 5.75 Å². The molecule has 0 aromatic heterocycles. The first-order valence-corrected chi connectivity index (χ1v) is 7.98. The minimum atomic E-state index is 0.0953. The third-order valence-corrected chi connectivity index (χ3v) is 3.83. The summed E-state index contributed by atoms with van der Waals surface area (Å²) >= 11 is 11.1. The van der Waals surface area contributed by atoms with Gasteiger partial charge in [-0.3, -0.25) is 5.43 Å². The maximum absolute atomic E-state index is 9.73. The van der Waals surface area contributed by atoms with Crippen LogP contribution in [0.2, 0.25) is 5.02 Å². The Morgan fingerprint density at radius 2 is 1.88 bits per heavy atom. The lowest BCUT2D eigenvalue weighted by Crippen LogP contribution is -2.23. The van der Waals surface area contributed by atoms with Crippen molar-refractivity contribution in [3.63, 3.8) is 0 Å². The monoisotopic (exact) mass is 355 g/mol. The number of hydrogen-bond acceptors (Lipinski definition) is 3. The van der Waals surface area contributed by atoms with Gasteiger partial charge in [-0.15, -0.1) is 0 Å². The molecule has 0 aliphatic rings. The van der Waals surface area contributed by atoms with Crippen LogP contribution in [0.15, 0.2) is 65.8 Å². The van der Waals surface area contributed by atoms with E-state index in [4.69, 9.17) is 23.8 Å². The zero-order chi connectivity index (χ0) is 16.9. The molecule has 0 fully saturated rings. The predicted octanol–water partition coefficient (Wildman–Crippen LogP) is 4.52. The molecule has 24 heavy (non-hydrogen) atoms. The van der Waals surface area contributed by atoms with Crippen LogP contribution in [-0.2, 0) is 0 Å². The van der Waals surface area contributed by atoms with Gasteiger partial charge in [0.2, 0.25) is 0 Å². The topological polar surface area (TPSA) is 56.7 Å². The second kappa shape index (κ2) is 7.29. The first kappa shape index (κ1) is 16.2. The number of aromatic hydroxyl groups is 1. The summed E-state index contributed by atoms with van der Waals surface area (Å²) in [6.07, 6.45) is 1.46. The van der Waals surface area contributed by atoms with Crippen molar-refractivity contribution in [3.8, 4) is 5.75 Å². The van der Waals surface area contributed by atoms with Crippen molar-refractivity contribution in [2.45, 2.75) is 0 Å². The molecule has 4 nitrogen and oxygen atoms in total. The SMILES string of the molecule is Oc1ccc(Cl)cc1/C=N/NC(=S)Nc1cccc2ccccc12. The van der Waals surface area contributed by atoms with Gasteiger partial charge in [-0.2, -0.15) is 5.10 Å². The van der Waals surface area contributed by atoms with Crippen LogP contribution in [0, 0.1) is 0 Å². The molecule has 3 aromatic rings. The number of thiocarbonyl (C=S) groups is 1. The third kappa shape index (κ3) is 3.82. The Bertz CT molecular complexity index is 922.